The van der Waals surface area contributed by atoms with E-state index in [0.717, 1.165) is 19.3 Å². The molecule has 0 N–H and O–H groups in total. The summed E-state index contributed by atoms with van der Waals surface area (Å²) in [6.45, 7) is 0.910. The van der Waals surface area contributed by atoms with Crippen LogP contribution in [0.2, 0.25) is 5.15 Å². The molecule has 2 aromatic heterocycles. The largest absolute Gasteiger partial charge is 0.385 e. The van der Waals surface area contributed by atoms with E-state index < -0.39 is 10.3 Å². The number of nitrogens with zero attached hydrogens (tertiary/aromatic N) is 4. The summed E-state index contributed by atoms with van der Waals surface area (Å²) >= 11 is 5.84. The Bertz CT molecular complexity index is 780. The molecule has 0 unspecified atom stereocenters. The van der Waals surface area contributed by atoms with E-state index in [2.05, 4.69) is 15.2 Å². The lowest BCUT2D eigenvalue weighted by molar-refractivity contribution is 0.312. The van der Waals surface area contributed by atoms with Crippen molar-refractivity contribution >= 4 is 21.9 Å². The number of rotatable bonds is 4. The Labute approximate surface area is 139 Å². The minimum absolute atomic E-state index is 0.0450. The van der Waals surface area contributed by atoms with E-state index in [1.54, 1.807) is 24.5 Å². The SMILES string of the molecule is O=S(=O)(Oc1cc(Cl)nnc1-c1cccnc1)N1CCCCC1. The summed E-state index contributed by atoms with van der Waals surface area (Å²) in [7, 11) is -3.90. The second-order valence-corrected chi connectivity index (χ2v) is 7.05. The summed E-state index contributed by atoms with van der Waals surface area (Å²) in [5, 5.41) is 7.76. The zero-order chi connectivity index (χ0) is 16.3. The second kappa shape index (κ2) is 6.77. The molecule has 9 heteroatoms. The van der Waals surface area contributed by atoms with E-state index >= 15 is 0 Å². The van der Waals surface area contributed by atoms with Crippen LogP contribution in [0.3, 0.4) is 0 Å². The third kappa shape index (κ3) is 3.77. The van der Waals surface area contributed by atoms with E-state index in [4.69, 9.17) is 15.8 Å². The fourth-order valence-electron chi connectivity index (χ4n) is 2.37. The van der Waals surface area contributed by atoms with Gasteiger partial charge in [-0.1, -0.05) is 18.0 Å². The molecule has 2 aromatic rings. The minimum Gasteiger partial charge on any atom is -0.368 e. The Morgan fingerprint density at radius 3 is 2.65 bits per heavy atom. The Morgan fingerprint density at radius 2 is 1.96 bits per heavy atom. The van der Waals surface area contributed by atoms with E-state index in [9.17, 15) is 8.42 Å². The molecule has 0 atom stereocenters. The second-order valence-electron chi connectivity index (χ2n) is 5.12. The average Bonchev–Trinajstić information content (AvgIpc) is 2.56. The first-order chi connectivity index (χ1) is 11.1. The van der Waals surface area contributed by atoms with Crippen molar-refractivity contribution in [2.24, 2.45) is 0 Å². The molecule has 0 aromatic carbocycles. The van der Waals surface area contributed by atoms with Crippen molar-refractivity contribution in [2.75, 3.05) is 13.1 Å². The molecule has 1 aliphatic rings. The molecular formula is C14H15ClN4O3S. The predicted molar refractivity (Wildman–Crippen MR) is 85.2 cm³/mol. The van der Waals surface area contributed by atoms with Crippen LogP contribution in [-0.4, -0.2) is 41.0 Å². The standard InChI is InChI=1S/C14H15ClN4O3S/c15-13-9-12(14(18-17-13)11-5-4-6-16-10-11)22-23(20,21)19-7-2-1-3-8-19/h4-6,9-10H,1-3,7-8H2. The highest BCUT2D eigenvalue weighted by molar-refractivity contribution is 7.84. The lowest BCUT2D eigenvalue weighted by Crippen LogP contribution is -2.38. The van der Waals surface area contributed by atoms with Gasteiger partial charge in [-0.25, -0.2) is 0 Å². The van der Waals surface area contributed by atoms with Gasteiger partial charge in [-0.3, -0.25) is 4.98 Å². The summed E-state index contributed by atoms with van der Waals surface area (Å²) in [6.07, 6.45) is 5.84. The number of hydrogen-bond donors (Lipinski definition) is 0. The van der Waals surface area contributed by atoms with Crippen LogP contribution in [0, 0.1) is 0 Å². The highest BCUT2D eigenvalue weighted by atomic mass is 35.5. The molecule has 7 nitrogen and oxygen atoms in total. The van der Waals surface area contributed by atoms with Crippen molar-refractivity contribution in [1.29, 1.82) is 0 Å². The van der Waals surface area contributed by atoms with Gasteiger partial charge in [0.05, 0.1) is 0 Å². The third-order valence-corrected chi connectivity index (χ3v) is 5.06. The highest BCUT2D eigenvalue weighted by Gasteiger charge is 2.27. The van der Waals surface area contributed by atoms with Gasteiger partial charge in [0.15, 0.2) is 10.9 Å². The van der Waals surface area contributed by atoms with Crippen molar-refractivity contribution in [1.82, 2.24) is 19.5 Å². The van der Waals surface area contributed by atoms with Crippen LogP contribution in [0.4, 0.5) is 0 Å². The van der Waals surface area contributed by atoms with Crippen molar-refractivity contribution in [2.45, 2.75) is 19.3 Å². The van der Waals surface area contributed by atoms with Gasteiger partial charge >= 0.3 is 10.3 Å². The summed E-state index contributed by atoms with van der Waals surface area (Å²) in [5.74, 6) is 0.0450. The van der Waals surface area contributed by atoms with Crippen LogP contribution in [0.5, 0.6) is 5.75 Å². The number of pyridine rings is 1. The third-order valence-electron chi connectivity index (χ3n) is 3.49. The highest BCUT2D eigenvalue weighted by Crippen LogP contribution is 2.30. The van der Waals surface area contributed by atoms with Crippen LogP contribution < -0.4 is 4.18 Å². The fraction of sp³-hybridized carbons (Fsp3) is 0.357. The number of aromatic nitrogens is 3. The van der Waals surface area contributed by atoms with Crippen LogP contribution in [0.15, 0.2) is 30.6 Å². The molecule has 1 aliphatic heterocycles. The lowest BCUT2D eigenvalue weighted by atomic mass is 10.2. The van der Waals surface area contributed by atoms with Crippen LogP contribution in [0.1, 0.15) is 19.3 Å². The molecule has 0 radical (unpaired) electrons. The first-order valence-electron chi connectivity index (χ1n) is 7.19. The number of halogens is 1. The lowest BCUT2D eigenvalue weighted by Gasteiger charge is -2.25. The van der Waals surface area contributed by atoms with Gasteiger partial charge in [-0.05, 0) is 25.0 Å². The molecule has 3 heterocycles. The van der Waals surface area contributed by atoms with Gasteiger partial charge in [0, 0.05) is 37.1 Å². The zero-order valence-corrected chi connectivity index (χ0v) is 13.8. The molecule has 23 heavy (non-hydrogen) atoms. The normalized spacial score (nSPS) is 16.2. The van der Waals surface area contributed by atoms with E-state index in [-0.39, 0.29) is 16.6 Å². The topological polar surface area (TPSA) is 85.3 Å². The fourth-order valence-corrected chi connectivity index (χ4v) is 3.68. The van der Waals surface area contributed by atoms with Gasteiger partial charge < -0.3 is 4.18 Å². The van der Waals surface area contributed by atoms with Gasteiger partial charge in [-0.2, -0.15) is 12.7 Å². The van der Waals surface area contributed by atoms with Gasteiger partial charge in [0.2, 0.25) is 0 Å². The van der Waals surface area contributed by atoms with E-state index in [1.807, 2.05) is 0 Å². The number of hydrogen-bond acceptors (Lipinski definition) is 6. The maximum Gasteiger partial charge on any atom is 0.385 e. The monoisotopic (exact) mass is 354 g/mol. The van der Waals surface area contributed by atoms with Gasteiger partial charge in [0.1, 0.15) is 5.69 Å². The van der Waals surface area contributed by atoms with E-state index in [0.29, 0.717) is 18.7 Å². The molecule has 3 rings (SSSR count). The van der Waals surface area contributed by atoms with Crippen LogP contribution in [-0.2, 0) is 10.3 Å². The Balaban J connectivity index is 1.94. The van der Waals surface area contributed by atoms with Crippen LogP contribution >= 0.6 is 11.6 Å². The molecule has 0 spiro atoms. The Morgan fingerprint density at radius 1 is 1.17 bits per heavy atom. The molecule has 0 saturated carbocycles. The predicted octanol–water partition coefficient (Wildman–Crippen LogP) is 2.30. The van der Waals surface area contributed by atoms with Gasteiger partial charge in [-0.15, -0.1) is 10.2 Å². The zero-order valence-electron chi connectivity index (χ0n) is 12.2. The quantitative estimate of drug-likeness (QED) is 0.837. The van der Waals surface area contributed by atoms with Crippen LogP contribution in [0.25, 0.3) is 11.3 Å². The smallest absolute Gasteiger partial charge is 0.368 e. The first-order valence-corrected chi connectivity index (χ1v) is 8.94. The molecule has 0 amide bonds. The average molecular weight is 355 g/mol. The Kier molecular flexibility index (Phi) is 4.74. The van der Waals surface area contributed by atoms with E-state index in [1.165, 1.54) is 10.4 Å². The maximum absolute atomic E-state index is 12.4. The number of piperidine rings is 1. The minimum atomic E-state index is -3.90. The first kappa shape index (κ1) is 16.1. The maximum atomic E-state index is 12.4. The van der Waals surface area contributed by atoms with Crippen molar-refractivity contribution < 1.29 is 12.6 Å². The molecule has 1 saturated heterocycles. The van der Waals surface area contributed by atoms with Crippen molar-refractivity contribution in [3.63, 3.8) is 0 Å². The molecule has 0 aliphatic carbocycles. The summed E-state index contributed by atoms with van der Waals surface area (Å²) in [5.41, 5.74) is 0.878. The summed E-state index contributed by atoms with van der Waals surface area (Å²) in [6, 6.07) is 4.80. The van der Waals surface area contributed by atoms with Gasteiger partial charge in [0.25, 0.3) is 0 Å². The molecule has 122 valence electrons. The Hall–Kier alpha value is -1.77. The molecular weight excluding hydrogens is 340 g/mol. The molecule has 0 bridgehead atoms. The summed E-state index contributed by atoms with van der Waals surface area (Å²) in [4.78, 5) is 3.99. The molecule has 1 fully saturated rings. The summed E-state index contributed by atoms with van der Waals surface area (Å²) < 4.78 is 31.5. The van der Waals surface area contributed by atoms with Crippen molar-refractivity contribution in [3.8, 4) is 17.0 Å². The van der Waals surface area contributed by atoms with Crippen molar-refractivity contribution in [3.05, 3.63) is 35.7 Å².